The monoisotopic (exact) mass is 256 g/mol. The van der Waals surface area contributed by atoms with Crippen LogP contribution in [0.2, 0.25) is 0 Å². The van der Waals surface area contributed by atoms with E-state index in [1.807, 2.05) is 6.07 Å². The molecule has 96 valence electrons. The summed E-state index contributed by atoms with van der Waals surface area (Å²) >= 11 is 0. The molecule has 1 atom stereocenters. The fourth-order valence-corrected chi connectivity index (χ4v) is 1.71. The maximum absolute atomic E-state index is 13.0. The summed E-state index contributed by atoms with van der Waals surface area (Å²) in [7, 11) is 0. The van der Waals surface area contributed by atoms with Crippen molar-refractivity contribution in [3.05, 3.63) is 65.5 Å². The molecule has 0 amide bonds. The molecule has 2 rings (SSSR count). The van der Waals surface area contributed by atoms with E-state index in [9.17, 15) is 9.50 Å². The summed E-state index contributed by atoms with van der Waals surface area (Å²) in [6.45, 7) is 0.273. The average Bonchev–Trinajstić information content (AvgIpc) is 2.45. The molecule has 0 spiro atoms. The molecule has 0 aliphatic heterocycles. The first-order valence-corrected chi connectivity index (χ1v) is 5.86. The lowest BCUT2D eigenvalue weighted by molar-refractivity contribution is 0.191. The minimum atomic E-state index is -0.786. The third kappa shape index (κ3) is 3.54. The maximum atomic E-state index is 13.0. The molecule has 0 radical (unpaired) electrons. The molecule has 0 heterocycles. The second-order valence-corrected chi connectivity index (χ2v) is 4.14. The van der Waals surface area contributed by atoms with Crippen molar-refractivity contribution in [2.45, 2.75) is 6.10 Å². The molecule has 19 heavy (non-hydrogen) atoms. The zero-order valence-corrected chi connectivity index (χ0v) is 10.2. The third-order valence-corrected chi connectivity index (χ3v) is 2.75. The van der Waals surface area contributed by atoms with Gasteiger partial charge in [0.25, 0.3) is 0 Å². The molecule has 0 saturated carbocycles. The van der Waals surface area contributed by atoms with Gasteiger partial charge in [-0.05, 0) is 42.0 Å². The number of benzene rings is 2. The molecule has 0 aliphatic carbocycles. The van der Waals surface area contributed by atoms with Gasteiger partial charge in [0, 0.05) is 12.2 Å². The van der Waals surface area contributed by atoms with E-state index in [0.717, 1.165) is 5.69 Å². The van der Waals surface area contributed by atoms with E-state index in [0.29, 0.717) is 11.1 Å². The van der Waals surface area contributed by atoms with Gasteiger partial charge in [0.15, 0.2) is 0 Å². The number of nitrogens with zero attached hydrogens (tertiary/aromatic N) is 1. The Morgan fingerprint density at radius 2 is 1.95 bits per heavy atom. The average molecular weight is 256 g/mol. The van der Waals surface area contributed by atoms with E-state index in [1.54, 1.807) is 36.4 Å². The number of hydrogen-bond donors (Lipinski definition) is 2. The standard InChI is InChI=1S/C15H13FN2O/c16-13-3-1-2-12(8-13)15(19)10-18-14-6-4-11(9-17)5-7-14/h1-8,15,18-19H,10H2. The highest BCUT2D eigenvalue weighted by Gasteiger charge is 2.07. The van der Waals surface area contributed by atoms with Crippen LogP contribution in [0.25, 0.3) is 0 Å². The number of nitrogens with one attached hydrogen (secondary N) is 1. The van der Waals surface area contributed by atoms with Gasteiger partial charge in [0.1, 0.15) is 5.82 Å². The van der Waals surface area contributed by atoms with Gasteiger partial charge in [-0.25, -0.2) is 4.39 Å². The summed E-state index contributed by atoms with van der Waals surface area (Å²) in [4.78, 5) is 0. The molecular weight excluding hydrogens is 243 g/mol. The van der Waals surface area contributed by atoms with E-state index in [-0.39, 0.29) is 12.4 Å². The second-order valence-electron chi connectivity index (χ2n) is 4.14. The van der Waals surface area contributed by atoms with Gasteiger partial charge in [-0.1, -0.05) is 12.1 Å². The van der Waals surface area contributed by atoms with Crippen molar-refractivity contribution < 1.29 is 9.50 Å². The summed E-state index contributed by atoms with van der Waals surface area (Å²) < 4.78 is 13.0. The molecule has 0 aliphatic rings. The molecule has 0 saturated heterocycles. The number of rotatable bonds is 4. The summed E-state index contributed by atoms with van der Waals surface area (Å²) in [6, 6.07) is 14.8. The highest BCUT2D eigenvalue weighted by Crippen LogP contribution is 2.16. The molecule has 0 aromatic heterocycles. The van der Waals surface area contributed by atoms with Crippen LogP contribution in [0.15, 0.2) is 48.5 Å². The molecule has 1 unspecified atom stereocenters. The van der Waals surface area contributed by atoms with Gasteiger partial charge >= 0.3 is 0 Å². The highest BCUT2D eigenvalue weighted by atomic mass is 19.1. The summed E-state index contributed by atoms with van der Waals surface area (Å²) in [5, 5.41) is 21.6. The van der Waals surface area contributed by atoms with Crippen molar-refractivity contribution in [3.63, 3.8) is 0 Å². The van der Waals surface area contributed by atoms with E-state index >= 15 is 0 Å². The molecule has 3 nitrogen and oxygen atoms in total. The Hall–Kier alpha value is -2.38. The van der Waals surface area contributed by atoms with Crippen LogP contribution in [0, 0.1) is 17.1 Å². The first-order chi connectivity index (χ1) is 9.19. The fourth-order valence-electron chi connectivity index (χ4n) is 1.71. The van der Waals surface area contributed by atoms with Gasteiger partial charge < -0.3 is 10.4 Å². The SMILES string of the molecule is N#Cc1ccc(NCC(O)c2cccc(F)c2)cc1. The van der Waals surface area contributed by atoms with Crippen LogP contribution in [0.4, 0.5) is 10.1 Å². The lowest BCUT2D eigenvalue weighted by Crippen LogP contribution is -2.12. The lowest BCUT2D eigenvalue weighted by atomic mass is 10.1. The molecule has 0 bridgehead atoms. The number of halogens is 1. The number of aliphatic hydroxyl groups excluding tert-OH is 1. The lowest BCUT2D eigenvalue weighted by Gasteiger charge is -2.13. The Kier molecular flexibility index (Phi) is 4.11. The fraction of sp³-hybridized carbons (Fsp3) is 0.133. The van der Waals surface area contributed by atoms with Crippen LogP contribution in [0.3, 0.4) is 0 Å². The number of hydrogen-bond acceptors (Lipinski definition) is 3. The molecule has 2 N–H and O–H groups in total. The molecule has 4 heteroatoms. The molecule has 2 aromatic rings. The minimum absolute atomic E-state index is 0.273. The van der Waals surface area contributed by atoms with E-state index in [1.165, 1.54) is 12.1 Å². The first kappa shape index (κ1) is 13.1. The first-order valence-electron chi connectivity index (χ1n) is 5.86. The second kappa shape index (κ2) is 5.98. The number of anilines is 1. The zero-order valence-electron chi connectivity index (χ0n) is 10.2. The maximum Gasteiger partial charge on any atom is 0.123 e. The van der Waals surface area contributed by atoms with Gasteiger partial charge in [0.2, 0.25) is 0 Å². The van der Waals surface area contributed by atoms with Crippen molar-refractivity contribution in [1.29, 1.82) is 5.26 Å². The predicted molar refractivity (Wildman–Crippen MR) is 71.0 cm³/mol. The van der Waals surface area contributed by atoms with Crippen LogP contribution >= 0.6 is 0 Å². The van der Waals surface area contributed by atoms with Crippen LogP contribution in [0.1, 0.15) is 17.2 Å². The van der Waals surface area contributed by atoms with Crippen molar-refractivity contribution >= 4 is 5.69 Å². The van der Waals surface area contributed by atoms with E-state index in [2.05, 4.69) is 5.32 Å². The Labute approximate surface area is 110 Å². The number of nitriles is 1. The zero-order chi connectivity index (χ0) is 13.7. The highest BCUT2D eigenvalue weighted by molar-refractivity contribution is 5.47. The third-order valence-electron chi connectivity index (χ3n) is 2.75. The van der Waals surface area contributed by atoms with Crippen molar-refractivity contribution in [1.82, 2.24) is 0 Å². The van der Waals surface area contributed by atoms with Crippen LogP contribution in [-0.4, -0.2) is 11.7 Å². The van der Waals surface area contributed by atoms with Crippen molar-refractivity contribution in [2.24, 2.45) is 0 Å². The quantitative estimate of drug-likeness (QED) is 0.884. The predicted octanol–water partition coefficient (Wildman–Crippen LogP) is 2.84. The summed E-state index contributed by atoms with van der Waals surface area (Å²) in [6.07, 6.45) is -0.786. The van der Waals surface area contributed by atoms with Gasteiger partial charge in [-0.15, -0.1) is 0 Å². The van der Waals surface area contributed by atoms with Crippen LogP contribution in [0.5, 0.6) is 0 Å². The molecule has 2 aromatic carbocycles. The Morgan fingerprint density at radius 3 is 2.58 bits per heavy atom. The Balaban J connectivity index is 1.96. The summed E-state index contributed by atoms with van der Waals surface area (Å²) in [5.74, 6) is -0.366. The number of aliphatic hydroxyl groups is 1. The Bertz CT molecular complexity index is 590. The summed E-state index contributed by atoms with van der Waals surface area (Å²) in [5.41, 5.74) is 1.91. The molecular formula is C15H13FN2O. The normalized spacial score (nSPS) is 11.6. The van der Waals surface area contributed by atoms with Crippen LogP contribution < -0.4 is 5.32 Å². The van der Waals surface area contributed by atoms with Gasteiger partial charge in [0.05, 0.1) is 17.7 Å². The van der Waals surface area contributed by atoms with E-state index in [4.69, 9.17) is 5.26 Å². The van der Waals surface area contributed by atoms with Gasteiger partial charge in [-0.2, -0.15) is 5.26 Å². The van der Waals surface area contributed by atoms with E-state index < -0.39 is 6.10 Å². The Morgan fingerprint density at radius 1 is 1.21 bits per heavy atom. The topological polar surface area (TPSA) is 56.0 Å². The van der Waals surface area contributed by atoms with Crippen LogP contribution in [-0.2, 0) is 0 Å². The van der Waals surface area contributed by atoms with Crippen molar-refractivity contribution in [3.8, 4) is 6.07 Å². The minimum Gasteiger partial charge on any atom is -0.387 e. The molecule has 0 fully saturated rings. The largest absolute Gasteiger partial charge is 0.387 e. The van der Waals surface area contributed by atoms with Gasteiger partial charge in [-0.3, -0.25) is 0 Å². The van der Waals surface area contributed by atoms with Crippen molar-refractivity contribution in [2.75, 3.05) is 11.9 Å². The smallest absolute Gasteiger partial charge is 0.123 e.